The van der Waals surface area contributed by atoms with Gasteiger partial charge < -0.3 is 34.3 Å². The van der Waals surface area contributed by atoms with Crippen molar-refractivity contribution in [2.45, 2.75) is 0 Å². The van der Waals surface area contributed by atoms with Crippen LogP contribution in [-0.4, -0.2) is 93.1 Å². The Morgan fingerprint density at radius 3 is 0.678 bits per heavy atom. The van der Waals surface area contributed by atoms with Crippen molar-refractivity contribution in [3.8, 4) is 45.6 Å². The second kappa shape index (κ2) is 32.9. The number of ether oxygens (including phenoxy) is 2. The molecule has 0 saturated carbocycles. The second-order valence-electron chi connectivity index (χ2n) is 26.4. The van der Waals surface area contributed by atoms with E-state index in [4.69, 9.17) is 39.4 Å². The van der Waals surface area contributed by atoms with Gasteiger partial charge in [-0.3, -0.25) is 68.9 Å². The molecule has 18 nitrogen and oxygen atoms in total. The molecule has 0 radical (unpaired) electrons. The van der Waals surface area contributed by atoms with Gasteiger partial charge in [-0.1, -0.05) is 115 Å². The minimum atomic E-state index is 0. The molecule has 21 heteroatoms. The molecule has 115 heavy (non-hydrogen) atoms. The van der Waals surface area contributed by atoms with Crippen LogP contribution in [0, 0.1) is 0 Å². The average molecular weight is 1620 g/mol. The van der Waals surface area contributed by atoms with Crippen molar-refractivity contribution >= 4 is 153 Å². The first kappa shape index (κ1) is 74.7. The molecule has 0 atom stereocenters. The molecule has 0 spiro atoms. The zero-order chi connectivity index (χ0) is 74.9. The van der Waals surface area contributed by atoms with Crippen LogP contribution in [0.5, 0.6) is 11.5 Å². The molecule has 14 aromatic heterocycles. The van der Waals surface area contributed by atoms with Gasteiger partial charge in [-0.2, -0.15) is 0 Å². The number of halogens is 2. The standard InChI is InChI=1S/C46H30N8O2.4C12H8N2.2ClH.Ru/c1-55-31-18-14-29(15-19-31)53-43-35-12-6-24-49-39(35)37-33(10-4-22-47-37)41(43)51-45(53)27-8-3-9-28(26-27)46-52-42-34-11-5-23-48-38(34)40-36(13-7-25-50-40)44(42)54(46)30-16-20-32(56-2)21-17-30;4*1-3-9-5-6-10-4-2-8-14-12(10)11(9)13-7-1;;;/h3-26H,1-2H3;4*1-8H;2*1H;/q;;;;;;;+2/p-2. The molecule has 23 aromatic rings. The largest absolute Gasteiger partial charge is 2.00 e. The third kappa shape index (κ3) is 14.1. The van der Waals surface area contributed by atoms with Gasteiger partial charge in [0.1, 0.15) is 23.1 Å². The first-order valence-corrected chi connectivity index (χ1v) is 36.3. The molecule has 0 bridgehead atoms. The molecule has 0 fully saturated rings. The maximum Gasteiger partial charge on any atom is 2.00 e. The third-order valence-electron chi connectivity index (χ3n) is 19.9. The summed E-state index contributed by atoms with van der Waals surface area (Å²) in [7, 11) is 3.35. The first-order valence-electron chi connectivity index (χ1n) is 36.3. The molecule has 0 amide bonds. The van der Waals surface area contributed by atoms with Crippen LogP contribution in [-0.2, 0) is 19.5 Å². The molecular formula is C94H62Cl2N16O2Ru. The number of pyridine rings is 12. The Kier molecular flexibility index (Phi) is 21.4. The summed E-state index contributed by atoms with van der Waals surface area (Å²) in [6.45, 7) is 0. The van der Waals surface area contributed by atoms with Crippen molar-refractivity contribution < 1.29 is 53.8 Å². The van der Waals surface area contributed by atoms with E-state index in [1.807, 2.05) is 109 Å². The maximum atomic E-state index is 5.55. The summed E-state index contributed by atoms with van der Waals surface area (Å²) in [6, 6.07) is 89.3. The molecule has 0 aliphatic heterocycles. The number of aromatic nitrogens is 16. The smallest absolute Gasteiger partial charge is 1.00 e. The van der Waals surface area contributed by atoms with Gasteiger partial charge >= 0.3 is 19.5 Å². The van der Waals surface area contributed by atoms with Gasteiger partial charge in [-0.25, -0.2) is 9.97 Å². The van der Waals surface area contributed by atoms with Crippen LogP contribution >= 0.6 is 0 Å². The van der Waals surface area contributed by atoms with Gasteiger partial charge in [-0.05, 0) is 152 Å². The SMILES string of the molecule is COc1ccc(-n2c(-c3cccc(-c4nc5c6cccnc6c6ncccc6c5n4-c4ccc(OC)cc4)c3)nc3c4cccnc4c4ncccc4c32)cc1.[Cl-].[Cl-].[Ru+2].c1cnc2c(c1)ccc1cccnc12.c1cnc2c(c1)ccc1cccnc12.c1cnc2c(c1)ccc1cccnc12.c1cnc2c(c1)ccc1cccnc12. The van der Waals surface area contributed by atoms with Gasteiger partial charge in [0.05, 0.1) is 102 Å². The van der Waals surface area contributed by atoms with Gasteiger partial charge in [0.2, 0.25) is 0 Å². The van der Waals surface area contributed by atoms with Gasteiger partial charge in [0, 0.05) is 161 Å². The summed E-state index contributed by atoms with van der Waals surface area (Å²) >= 11 is 0. The summed E-state index contributed by atoms with van der Waals surface area (Å²) in [5, 5.41) is 12.9. The topological polar surface area (TPSA) is 209 Å². The van der Waals surface area contributed by atoms with Crippen molar-refractivity contribution in [1.29, 1.82) is 0 Å². The van der Waals surface area contributed by atoms with Crippen LogP contribution in [0.4, 0.5) is 0 Å². The maximum absolute atomic E-state index is 5.55. The molecule has 14 heterocycles. The summed E-state index contributed by atoms with van der Waals surface area (Å²) in [6.07, 6.45) is 21.7. The number of hydrogen-bond donors (Lipinski definition) is 0. The average Bonchev–Trinajstić information content (AvgIpc) is 1.58. The molecule has 552 valence electrons. The van der Waals surface area contributed by atoms with Crippen LogP contribution in [0.1, 0.15) is 0 Å². The van der Waals surface area contributed by atoms with Crippen LogP contribution in [0.15, 0.2) is 341 Å². The van der Waals surface area contributed by atoms with Crippen molar-refractivity contribution in [1.82, 2.24) is 78.9 Å². The predicted octanol–water partition coefficient (Wildman–Crippen LogP) is 15.0. The fraction of sp³-hybridized carbons (Fsp3) is 0.0213. The van der Waals surface area contributed by atoms with Crippen LogP contribution in [0.3, 0.4) is 0 Å². The molecular weight excluding hydrogens is 1560 g/mol. The van der Waals surface area contributed by atoms with Crippen LogP contribution in [0.2, 0.25) is 0 Å². The van der Waals surface area contributed by atoms with E-state index < -0.39 is 0 Å². The summed E-state index contributed by atoms with van der Waals surface area (Å²) in [5.74, 6) is 3.08. The Hall–Kier alpha value is -14.4. The van der Waals surface area contributed by atoms with Gasteiger partial charge in [0.25, 0.3) is 0 Å². The first-order chi connectivity index (χ1) is 55.5. The molecule has 9 aromatic carbocycles. The second-order valence-corrected chi connectivity index (χ2v) is 26.4. The Morgan fingerprint density at radius 2 is 0.435 bits per heavy atom. The minimum Gasteiger partial charge on any atom is -1.00 e. The number of hydrogen-bond acceptors (Lipinski definition) is 16. The van der Waals surface area contributed by atoms with E-state index in [-0.39, 0.29) is 44.3 Å². The Balaban J connectivity index is 0.000000134. The quantitative estimate of drug-likeness (QED) is 0.112. The van der Waals surface area contributed by atoms with Crippen LogP contribution in [0.25, 0.3) is 187 Å². The summed E-state index contributed by atoms with van der Waals surface area (Å²) in [5.41, 5.74) is 18.4. The van der Waals surface area contributed by atoms with E-state index in [9.17, 15) is 0 Å². The van der Waals surface area contributed by atoms with Crippen molar-refractivity contribution in [3.63, 3.8) is 0 Å². The third-order valence-corrected chi connectivity index (χ3v) is 19.9. The number of fused-ring (bicyclic) bond motifs is 24. The van der Waals surface area contributed by atoms with E-state index >= 15 is 0 Å². The predicted molar refractivity (Wildman–Crippen MR) is 449 cm³/mol. The Morgan fingerprint density at radius 1 is 0.217 bits per heavy atom. The number of rotatable bonds is 6. The van der Waals surface area contributed by atoms with E-state index in [1.54, 1.807) is 76.2 Å². The van der Waals surface area contributed by atoms with Crippen molar-refractivity contribution in [2.24, 2.45) is 0 Å². The van der Waals surface area contributed by atoms with E-state index in [0.717, 1.165) is 199 Å². The van der Waals surface area contributed by atoms with Crippen molar-refractivity contribution in [2.75, 3.05) is 14.2 Å². The van der Waals surface area contributed by atoms with Gasteiger partial charge in [0.15, 0.2) is 0 Å². The molecule has 0 saturated heterocycles. The molecule has 0 unspecified atom stereocenters. The van der Waals surface area contributed by atoms with Gasteiger partial charge in [-0.15, -0.1) is 0 Å². The normalized spacial score (nSPS) is 11.0. The zero-order valence-electron chi connectivity index (χ0n) is 61.4. The fourth-order valence-electron chi connectivity index (χ4n) is 14.7. The Bertz CT molecular complexity index is 6670. The minimum absolute atomic E-state index is 0. The van der Waals surface area contributed by atoms with Crippen molar-refractivity contribution in [3.05, 3.63) is 341 Å². The number of imidazole rings is 2. The number of benzene rings is 9. The Labute approximate surface area is 682 Å². The molecule has 0 aliphatic carbocycles. The van der Waals surface area contributed by atoms with E-state index in [2.05, 4.69) is 219 Å². The van der Waals surface area contributed by atoms with E-state index in [0.29, 0.717) is 0 Å². The molecule has 23 rings (SSSR count). The molecule has 0 aliphatic rings. The monoisotopic (exact) mass is 1620 g/mol. The van der Waals surface area contributed by atoms with Crippen LogP contribution < -0.4 is 34.3 Å². The summed E-state index contributed by atoms with van der Waals surface area (Å²) < 4.78 is 15.5. The number of nitrogens with zero attached hydrogens (tertiary/aromatic N) is 16. The fourth-order valence-corrected chi connectivity index (χ4v) is 14.7. The molecule has 0 N–H and O–H groups in total. The number of methoxy groups -OCH3 is 2. The zero-order valence-corrected chi connectivity index (χ0v) is 64.7. The summed E-state index contributed by atoms with van der Waals surface area (Å²) in [4.78, 5) is 64.9. The van der Waals surface area contributed by atoms with E-state index in [1.165, 1.54) is 0 Å².